The monoisotopic (exact) mass is 424 g/mol. The van der Waals surface area contributed by atoms with E-state index in [0.29, 0.717) is 22.2 Å². The zero-order valence-electron chi connectivity index (χ0n) is 15.1. The van der Waals surface area contributed by atoms with Gasteiger partial charge in [0.15, 0.2) is 5.11 Å². The highest BCUT2D eigenvalue weighted by Crippen LogP contribution is 2.20. The molecule has 0 saturated carbocycles. The van der Waals surface area contributed by atoms with Crippen LogP contribution >= 0.6 is 35.4 Å². The lowest BCUT2D eigenvalue weighted by Gasteiger charge is -2.12. The summed E-state index contributed by atoms with van der Waals surface area (Å²) in [4.78, 5) is 12.3. The third-order valence-corrected chi connectivity index (χ3v) is 4.35. The Bertz CT molecular complexity index is 779. The lowest BCUT2D eigenvalue weighted by Crippen LogP contribution is -2.34. The first-order valence-electron chi connectivity index (χ1n) is 8.79. The van der Waals surface area contributed by atoms with Crippen molar-refractivity contribution in [2.45, 2.75) is 32.6 Å². The zero-order valence-corrected chi connectivity index (χ0v) is 17.4. The Labute approximate surface area is 175 Å². The first-order chi connectivity index (χ1) is 13.0. The van der Waals surface area contributed by atoms with E-state index in [1.54, 1.807) is 6.07 Å². The first-order valence-corrected chi connectivity index (χ1v) is 9.95. The molecule has 0 heterocycles. The molecule has 0 atom stereocenters. The number of rotatable bonds is 8. The highest BCUT2D eigenvalue weighted by atomic mass is 35.5. The number of carbonyl (C=O) groups is 1. The van der Waals surface area contributed by atoms with Crippen molar-refractivity contribution >= 4 is 52.1 Å². The van der Waals surface area contributed by atoms with Crippen LogP contribution in [0.3, 0.4) is 0 Å². The van der Waals surface area contributed by atoms with E-state index in [2.05, 4.69) is 17.6 Å². The van der Waals surface area contributed by atoms with Gasteiger partial charge in [-0.3, -0.25) is 10.1 Å². The van der Waals surface area contributed by atoms with Crippen LogP contribution in [0.25, 0.3) is 0 Å². The minimum Gasteiger partial charge on any atom is -0.494 e. The van der Waals surface area contributed by atoms with E-state index in [-0.39, 0.29) is 11.0 Å². The van der Waals surface area contributed by atoms with Gasteiger partial charge in [-0.1, -0.05) is 55.5 Å². The summed E-state index contributed by atoms with van der Waals surface area (Å²) >= 11 is 17.0. The van der Waals surface area contributed by atoms with Gasteiger partial charge in [-0.25, -0.2) is 0 Å². The average molecular weight is 425 g/mol. The fourth-order valence-electron chi connectivity index (χ4n) is 2.41. The van der Waals surface area contributed by atoms with Gasteiger partial charge < -0.3 is 10.1 Å². The molecule has 27 heavy (non-hydrogen) atoms. The van der Waals surface area contributed by atoms with Gasteiger partial charge in [0, 0.05) is 27.4 Å². The molecule has 1 amide bonds. The van der Waals surface area contributed by atoms with Crippen LogP contribution in [0.5, 0.6) is 5.75 Å². The molecule has 4 nitrogen and oxygen atoms in total. The summed E-state index contributed by atoms with van der Waals surface area (Å²) in [6, 6.07) is 12.1. The van der Waals surface area contributed by atoms with Crippen LogP contribution in [0.2, 0.25) is 10.0 Å². The number of amides is 1. The summed E-state index contributed by atoms with van der Waals surface area (Å²) < 4.78 is 5.75. The van der Waals surface area contributed by atoms with Crippen LogP contribution in [0.4, 0.5) is 5.69 Å². The molecule has 144 valence electrons. The molecule has 0 aliphatic rings. The molecule has 0 radical (unpaired) electrons. The van der Waals surface area contributed by atoms with Gasteiger partial charge in [0.1, 0.15) is 5.75 Å². The SMILES string of the molecule is CCCCCCOc1cccc(NC(=S)NC(=O)c2cc(Cl)cc(Cl)c2)c1. The molecule has 2 rings (SSSR count). The molecule has 0 fully saturated rings. The standard InChI is InChI=1S/C20H22Cl2N2O2S/c1-2-3-4-5-9-26-18-8-6-7-17(13-18)23-20(27)24-19(25)14-10-15(21)12-16(22)11-14/h6-8,10-13H,2-5,9H2,1H3,(H2,23,24,25,27). The van der Waals surface area contributed by atoms with Gasteiger partial charge in [0.05, 0.1) is 6.61 Å². The number of unbranched alkanes of at least 4 members (excludes halogenated alkanes) is 3. The maximum Gasteiger partial charge on any atom is 0.257 e. The summed E-state index contributed by atoms with van der Waals surface area (Å²) in [6.45, 7) is 2.86. The van der Waals surface area contributed by atoms with Gasteiger partial charge >= 0.3 is 0 Å². The van der Waals surface area contributed by atoms with E-state index >= 15 is 0 Å². The lowest BCUT2D eigenvalue weighted by atomic mass is 10.2. The molecule has 2 aromatic rings. The minimum atomic E-state index is -0.389. The number of anilines is 1. The Kier molecular flexibility index (Phi) is 8.85. The molecule has 2 N–H and O–H groups in total. The van der Waals surface area contributed by atoms with E-state index in [4.69, 9.17) is 40.2 Å². The second kappa shape index (κ2) is 11.1. The molecular formula is C20H22Cl2N2O2S. The second-order valence-electron chi connectivity index (χ2n) is 6.00. The highest BCUT2D eigenvalue weighted by molar-refractivity contribution is 7.80. The van der Waals surface area contributed by atoms with Gasteiger partial charge in [-0.15, -0.1) is 0 Å². The fraction of sp³-hybridized carbons (Fsp3) is 0.300. The Morgan fingerprint density at radius 3 is 2.52 bits per heavy atom. The van der Waals surface area contributed by atoms with Crippen LogP contribution in [0.1, 0.15) is 43.0 Å². The van der Waals surface area contributed by atoms with Crippen LogP contribution in [0.15, 0.2) is 42.5 Å². The molecule has 0 aromatic heterocycles. The number of halogens is 2. The first kappa shape index (κ1) is 21.5. The molecule has 0 bridgehead atoms. The van der Waals surface area contributed by atoms with Crippen LogP contribution in [0, 0.1) is 0 Å². The van der Waals surface area contributed by atoms with E-state index in [9.17, 15) is 4.79 Å². The van der Waals surface area contributed by atoms with Gasteiger partial charge in [-0.05, 0) is 49.0 Å². The Morgan fingerprint density at radius 1 is 1.07 bits per heavy atom. The van der Waals surface area contributed by atoms with E-state index < -0.39 is 0 Å². The van der Waals surface area contributed by atoms with Crippen molar-refractivity contribution in [3.63, 3.8) is 0 Å². The van der Waals surface area contributed by atoms with Crippen molar-refractivity contribution < 1.29 is 9.53 Å². The largest absolute Gasteiger partial charge is 0.494 e. The van der Waals surface area contributed by atoms with E-state index in [1.165, 1.54) is 25.0 Å². The van der Waals surface area contributed by atoms with Crippen LogP contribution in [-0.4, -0.2) is 17.6 Å². The van der Waals surface area contributed by atoms with Crippen molar-refractivity contribution in [2.24, 2.45) is 0 Å². The van der Waals surface area contributed by atoms with Gasteiger partial charge in [-0.2, -0.15) is 0 Å². The van der Waals surface area contributed by atoms with Crippen molar-refractivity contribution in [3.8, 4) is 5.75 Å². The van der Waals surface area contributed by atoms with Crippen molar-refractivity contribution in [2.75, 3.05) is 11.9 Å². The quantitative estimate of drug-likeness (QED) is 0.398. The third kappa shape index (κ3) is 7.75. The number of hydrogen-bond acceptors (Lipinski definition) is 3. The summed E-state index contributed by atoms with van der Waals surface area (Å²) in [7, 11) is 0. The second-order valence-corrected chi connectivity index (χ2v) is 7.28. The summed E-state index contributed by atoms with van der Waals surface area (Å²) in [6.07, 6.45) is 4.61. The Hall–Kier alpha value is -1.82. The van der Waals surface area contributed by atoms with Crippen molar-refractivity contribution in [1.82, 2.24) is 5.32 Å². The Balaban J connectivity index is 1.87. The molecule has 7 heteroatoms. The number of thiocarbonyl (C=S) groups is 1. The van der Waals surface area contributed by atoms with Gasteiger partial charge in [0.2, 0.25) is 0 Å². The average Bonchev–Trinajstić information content (AvgIpc) is 2.61. The highest BCUT2D eigenvalue weighted by Gasteiger charge is 2.10. The van der Waals surface area contributed by atoms with Crippen LogP contribution in [-0.2, 0) is 0 Å². The number of benzene rings is 2. The van der Waals surface area contributed by atoms with Crippen molar-refractivity contribution in [3.05, 3.63) is 58.1 Å². The molecule has 0 spiro atoms. The summed E-state index contributed by atoms with van der Waals surface area (Å²) in [5.74, 6) is 0.368. The predicted molar refractivity (Wildman–Crippen MR) is 116 cm³/mol. The topological polar surface area (TPSA) is 50.4 Å². The lowest BCUT2D eigenvalue weighted by molar-refractivity contribution is 0.0977. The normalized spacial score (nSPS) is 10.3. The molecule has 0 aliphatic carbocycles. The Morgan fingerprint density at radius 2 is 1.81 bits per heavy atom. The van der Waals surface area contributed by atoms with Crippen molar-refractivity contribution in [1.29, 1.82) is 0 Å². The molecule has 0 aliphatic heterocycles. The number of nitrogens with one attached hydrogen (secondary N) is 2. The molecule has 0 unspecified atom stereocenters. The zero-order chi connectivity index (χ0) is 19.6. The number of ether oxygens (including phenoxy) is 1. The summed E-state index contributed by atoms with van der Waals surface area (Å²) in [5, 5.41) is 6.53. The van der Waals surface area contributed by atoms with E-state index in [0.717, 1.165) is 24.3 Å². The molecule has 2 aromatic carbocycles. The number of hydrogen-bond donors (Lipinski definition) is 2. The third-order valence-electron chi connectivity index (χ3n) is 3.71. The van der Waals surface area contributed by atoms with E-state index in [1.807, 2.05) is 24.3 Å². The summed E-state index contributed by atoms with van der Waals surface area (Å²) in [5.41, 5.74) is 1.07. The molecule has 0 saturated heterocycles. The smallest absolute Gasteiger partial charge is 0.257 e. The van der Waals surface area contributed by atoms with Gasteiger partial charge in [0.25, 0.3) is 5.91 Å². The maximum atomic E-state index is 12.3. The molecular weight excluding hydrogens is 403 g/mol. The number of carbonyl (C=O) groups excluding carboxylic acids is 1. The maximum absolute atomic E-state index is 12.3. The van der Waals surface area contributed by atoms with Crippen LogP contribution < -0.4 is 15.4 Å². The minimum absolute atomic E-state index is 0.177. The predicted octanol–water partition coefficient (Wildman–Crippen LogP) is 6.08. The fourth-order valence-corrected chi connectivity index (χ4v) is 3.14.